The smallest absolute Gasteiger partial charge is 0.225 e. The number of halogens is 3. The average molecular weight is 495 g/mol. The predicted octanol–water partition coefficient (Wildman–Crippen LogP) is 4.00. The predicted molar refractivity (Wildman–Crippen MR) is 120 cm³/mol. The average Bonchev–Trinajstić information content (AvgIpc) is 3.11. The van der Waals surface area contributed by atoms with E-state index in [1.165, 1.54) is 18.5 Å². The lowest BCUT2D eigenvalue weighted by atomic mass is 9.97. The molecular weight excluding hydrogens is 474 g/mol. The van der Waals surface area contributed by atoms with Gasteiger partial charge in [-0.2, -0.15) is 0 Å². The number of fused-ring (bicyclic) bond motifs is 3. The van der Waals surface area contributed by atoms with Crippen molar-refractivity contribution >= 4 is 40.1 Å². The highest BCUT2D eigenvalue weighted by molar-refractivity contribution is 6.36. The number of aromatic nitrogens is 3. The van der Waals surface area contributed by atoms with Gasteiger partial charge in [-0.05, 0) is 32.4 Å². The van der Waals surface area contributed by atoms with Crippen molar-refractivity contribution in [3.8, 4) is 11.3 Å². The number of rotatable bonds is 4. The first kappa shape index (κ1) is 22.6. The lowest BCUT2D eigenvalue weighted by Crippen LogP contribution is -2.47. The maximum atomic E-state index is 15.0. The van der Waals surface area contributed by atoms with Crippen molar-refractivity contribution in [1.82, 2.24) is 15.0 Å². The van der Waals surface area contributed by atoms with Crippen molar-refractivity contribution in [3.63, 3.8) is 0 Å². The maximum absolute atomic E-state index is 15.0. The van der Waals surface area contributed by atoms with E-state index >= 15 is 0 Å². The van der Waals surface area contributed by atoms with Crippen LogP contribution in [0.2, 0.25) is 10.0 Å². The van der Waals surface area contributed by atoms with Crippen LogP contribution in [0.4, 0.5) is 10.3 Å². The Kier molecular flexibility index (Phi) is 5.47. The van der Waals surface area contributed by atoms with Gasteiger partial charge in [-0.1, -0.05) is 23.2 Å². The molecule has 8 nitrogen and oxygen atoms in total. The number of hydrogen-bond acceptors (Lipinski definition) is 8. The molecular formula is C22H21Cl2FN4O4. The molecule has 2 aliphatic rings. The summed E-state index contributed by atoms with van der Waals surface area (Å²) in [5.41, 5.74) is -1.04. The van der Waals surface area contributed by atoms with Crippen molar-refractivity contribution < 1.29 is 24.1 Å². The Hall–Kier alpha value is -2.14. The Labute approximate surface area is 198 Å². The number of nitrogens with zero attached hydrogens (tertiary/aromatic N) is 3. The van der Waals surface area contributed by atoms with E-state index in [9.17, 15) is 14.6 Å². The van der Waals surface area contributed by atoms with Crippen LogP contribution in [0.25, 0.3) is 22.2 Å². The molecule has 0 saturated carbocycles. The zero-order valence-corrected chi connectivity index (χ0v) is 19.3. The second kappa shape index (κ2) is 7.97. The summed E-state index contributed by atoms with van der Waals surface area (Å²) in [7, 11) is 0. The second-order valence-corrected chi connectivity index (χ2v) is 9.60. The molecule has 3 atom stereocenters. The van der Waals surface area contributed by atoms with E-state index in [0.717, 1.165) is 0 Å². The molecule has 2 saturated heterocycles. The maximum Gasteiger partial charge on any atom is 0.225 e. The lowest BCUT2D eigenvalue weighted by Gasteiger charge is -2.33. The molecule has 0 aliphatic carbocycles. The van der Waals surface area contributed by atoms with E-state index < -0.39 is 29.5 Å². The van der Waals surface area contributed by atoms with Crippen LogP contribution in [0.5, 0.6) is 0 Å². The van der Waals surface area contributed by atoms with Crippen LogP contribution in [0.15, 0.2) is 24.5 Å². The van der Waals surface area contributed by atoms with Gasteiger partial charge in [-0.15, -0.1) is 0 Å². The molecule has 0 spiro atoms. The molecule has 11 heteroatoms. The third-order valence-electron chi connectivity index (χ3n) is 5.86. The molecule has 3 N–H and O–H groups in total. The number of aliphatic hydroxyl groups excluding tert-OH is 1. The molecule has 2 bridgehead atoms. The SMILES string of the molecule is CC(C)(O)c1cnc2c(F)cc(-c3nc(N[C@]45CC[C@H](O)[C@H](OC4)O5)ncc3Cl)cc2c1Cl. The molecule has 3 aromatic rings. The zero-order valence-electron chi connectivity index (χ0n) is 17.8. The molecule has 2 aliphatic heterocycles. The van der Waals surface area contributed by atoms with Gasteiger partial charge in [-0.25, -0.2) is 14.4 Å². The van der Waals surface area contributed by atoms with Crippen molar-refractivity contribution in [3.05, 3.63) is 46.0 Å². The first-order valence-electron chi connectivity index (χ1n) is 10.4. The third kappa shape index (κ3) is 4.03. The van der Waals surface area contributed by atoms with Crippen LogP contribution in [-0.2, 0) is 15.1 Å². The van der Waals surface area contributed by atoms with E-state index in [1.807, 2.05) is 0 Å². The second-order valence-electron chi connectivity index (χ2n) is 8.81. The van der Waals surface area contributed by atoms with Gasteiger partial charge in [0.05, 0.1) is 34.1 Å². The summed E-state index contributed by atoms with van der Waals surface area (Å²) in [6, 6.07) is 2.90. The molecule has 0 amide bonds. The normalized spacial score (nSPS) is 24.9. The zero-order chi connectivity index (χ0) is 23.5. The molecule has 1 aromatic carbocycles. The molecule has 0 unspecified atom stereocenters. The fraction of sp³-hybridized carbons (Fsp3) is 0.409. The van der Waals surface area contributed by atoms with Crippen molar-refractivity contribution in [2.75, 3.05) is 11.9 Å². The van der Waals surface area contributed by atoms with Gasteiger partial charge in [-0.3, -0.25) is 4.98 Å². The Balaban J connectivity index is 1.55. The standard InChI is InChI=1S/C22H21Cl2FN4O4/c1-21(2,31)12-7-26-18-11(16(12)24)5-10(6-14(18)25)17-13(23)8-27-20(28-17)29-22-4-3-15(30)19(33-22)32-9-22/h5-8,15,19,30-31H,3-4,9H2,1-2H3,(H,27,28,29)/t15-,19+,22-/m0/s1. The molecule has 33 heavy (non-hydrogen) atoms. The highest BCUT2D eigenvalue weighted by atomic mass is 35.5. The largest absolute Gasteiger partial charge is 0.388 e. The van der Waals surface area contributed by atoms with Crippen LogP contribution in [0.1, 0.15) is 32.3 Å². The number of hydrogen-bond donors (Lipinski definition) is 3. The fourth-order valence-electron chi connectivity index (χ4n) is 4.10. The van der Waals surface area contributed by atoms with Crippen molar-refractivity contribution in [2.45, 2.75) is 50.4 Å². The Morgan fingerprint density at radius 3 is 2.79 bits per heavy atom. The summed E-state index contributed by atoms with van der Waals surface area (Å²) in [6.45, 7) is 3.37. The van der Waals surface area contributed by atoms with Gasteiger partial charge >= 0.3 is 0 Å². The van der Waals surface area contributed by atoms with Crippen LogP contribution in [0, 0.1) is 5.82 Å². The Morgan fingerprint density at radius 1 is 1.24 bits per heavy atom. The third-order valence-corrected chi connectivity index (χ3v) is 6.54. The number of pyridine rings is 1. The number of aliphatic hydroxyl groups is 2. The van der Waals surface area contributed by atoms with Crippen molar-refractivity contribution in [2.24, 2.45) is 0 Å². The summed E-state index contributed by atoms with van der Waals surface area (Å²) in [4.78, 5) is 12.8. The van der Waals surface area contributed by atoms with Crippen LogP contribution in [0.3, 0.4) is 0 Å². The van der Waals surface area contributed by atoms with Gasteiger partial charge in [0.1, 0.15) is 17.4 Å². The minimum Gasteiger partial charge on any atom is -0.388 e. The summed E-state index contributed by atoms with van der Waals surface area (Å²) >= 11 is 12.9. The lowest BCUT2D eigenvalue weighted by molar-refractivity contribution is -0.172. The molecule has 0 radical (unpaired) electrons. The molecule has 2 aromatic heterocycles. The summed E-state index contributed by atoms with van der Waals surface area (Å²) in [5.74, 6) is -0.392. The van der Waals surface area contributed by atoms with Gasteiger partial charge < -0.3 is 25.0 Å². The molecule has 4 heterocycles. The minimum absolute atomic E-state index is 0.0717. The summed E-state index contributed by atoms with van der Waals surface area (Å²) in [5, 5.41) is 24.2. The fourth-order valence-corrected chi connectivity index (χ4v) is 4.72. The van der Waals surface area contributed by atoms with Gasteiger partial charge in [0.25, 0.3) is 0 Å². The van der Waals surface area contributed by atoms with Crippen LogP contribution >= 0.6 is 23.2 Å². The van der Waals surface area contributed by atoms with E-state index in [1.54, 1.807) is 19.9 Å². The number of nitrogens with one attached hydrogen (secondary N) is 1. The molecule has 174 valence electrons. The summed E-state index contributed by atoms with van der Waals surface area (Å²) < 4.78 is 26.3. The van der Waals surface area contributed by atoms with E-state index in [0.29, 0.717) is 29.4 Å². The van der Waals surface area contributed by atoms with E-state index in [4.69, 9.17) is 32.7 Å². The van der Waals surface area contributed by atoms with E-state index in [2.05, 4.69) is 20.3 Å². The first-order valence-corrected chi connectivity index (χ1v) is 11.1. The monoisotopic (exact) mass is 494 g/mol. The number of benzene rings is 1. The highest BCUT2D eigenvalue weighted by Gasteiger charge is 2.49. The number of anilines is 1. The Morgan fingerprint density at radius 2 is 2.03 bits per heavy atom. The number of ether oxygens (including phenoxy) is 2. The van der Waals surface area contributed by atoms with Crippen molar-refractivity contribution in [1.29, 1.82) is 0 Å². The highest BCUT2D eigenvalue weighted by Crippen LogP contribution is 2.39. The Bertz CT molecular complexity index is 1260. The quantitative estimate of drug-likeness (QED) is 0.499. The van der Waals surface area contributed by atoms with Gasteiger partial charge in [0, 0.05) is 29.1 Å². The van der Waals surface area contributed by atoms with Gasteiger partial charge in [0.2, 0.25) is 5.95 Å². The van der Waals surface area contributed by atoms with Crippen LogP contribution in [-0.4, -0.2) is 49.9 Å². The molecule has 5 rings (SSSR count). The van der Waals surface area contributed by atoms with Crippen LogP contribution < -0.4 is 5.32 Å². The topological polar surface area (TPSA) is 110 Å². The summed E-state index contributed by atoms with van der Waals surface area (Å²) in [6.07, 6.45) is 2.39. The minimum atomic E-state index is -1.26. The van der Waals surface area contributed by atoms with E-state index in [-0.39, 0.29) is 33.8 Å². The first-order chi connectivity index (χ1) is 15.6. The molecule has 2 fully saturated rings. The van der Waals surface area contributed by atoms with Gasteiger partial charge in [0.15, 0.2) is 12.0 Å².